The first-order valence-electron chi connectivity index (χ1n) is 3.42. The standard InChI is InChI=1S/C7H14N2O/c1-6(10-3)7-8-4-5-9(7)2/h7-8H,1,4-5H2,2-3H3. The molecule has 1 atom stereocenters. The van der Waals surface area contributed by atoms with Crippen molar-refractivity contribution in [3.05, 3.63) is 12.3 Å². The van der Waals surface area contributed by atoms with E-state index in [0.717, 1.165) is 18.8 Å². The Hall–Kier alpha value is -0.540. The fourth-order valence-electron chi connectivity index (χ4n) is 1.13. The lowest BCUT2D eigenvalue weighted by atomic mass is 10.4. The molecular formula is C7H14N2O. The third kappa shape index (κ3) is 1.30. The number of nitrogens with zero attached hydrogens (tertiary/aromatic N) is 1. The van der Waals surface area contributed by atoms with Crippen LogP contribution in [-0.2, 0) is 4.74 Å². The highest BCUT2D eigenvalue weighted by Crippen LogP contribution is 2.08. The normalized spacial score (nSPS) is 26.8. The van der Waals surface area contributed by atoms with Crippen molar-refractivity contribution in [2.24, 2.45) is 0 Å². The summed E-state index contributed by atoms with van der Waals surface area (Å²) in [5, 5.41) is 3.26. The van der Waals surface area contributed by atoms with E-state index >= 15 is 0 Å². The number of nitrogens with one attached hydrogen (secondary N) is 1. The van der Waals surface area contributed by atoms with Gasteiger partial charge < -0.3 is 4.74 Å². The zero-order valence-corrected chi connectivity index (χ0v) is 6.55. The topological polar surface area (TPSA) is 24.5 Å². The van der Waals surface area contributed by atoms with Crippen molar-refractivity contribution in [1.82, 2.24) is 10.2 Å². The number of hydrogen-bond donors (Lipinski definition) is 1. The zero-order valence-electron chi connectivity index (χ0n) is 6.55. The van der Waals surface area contributed by atoms with Crippen LogP contribution in [0.4, 0.5) is 0 Å². The van der Waals surface area contributed by atoms with Crippen molar-refractivity contribution < 1.29 is 4.74 Å². The second-order valence-electron chi connectivity index (χ2n) is 2.51. The summed E-state index contributed by atoms with van der Waals surface area (Å²) in [6, 6.07) is 0. The van der Waals surface area contributed by atoms with Gasteiger partial charge in [0.05, 0.1) is 7.11 Å². The maximum absolute atomic E-state index is 5.01. The maximum Gasteiger partial charge on any atom is 0.120 e. The fraction of sp³-hybridized carbons (Fsp3) is 0.714. The maximum atomic E-state index is 5.01. The summed E-state index contributed by atoms with van der Waals surface area (Å²) in [5.74, 6) is 0.792. The third-order valence-electron chi connectivity index (χ3n) is 1.81. The molecule has 10 heavy (non-hydrogen) atoms. The molecule has 1 unspecified atom stereocenters. The highest BCUT2D eigenvalue weighted by Gasteiger charge is 2.22. The molecule has 0 saturated carbocycles. The number of rotatable bonds is 2. The largest absolute Gasteiger partial charge is 0.499 e. The summed E-state index contributed by atoms with van der Waals surface area (Å²) in [7, 11) is 3.70. The minimum absolute atomic E-state index is 0.213. The van der Waals surface area contributed by atoms with E-state index in [1.54, 1.807) is 7.11 Å². The van der Waals surface area contributed by atoms with Gasteiger partial charge in [-0.3, -0.25) is 10.2 Å². The second kappa shape index (κ2) is 3.03. The lowest BCUT2D eigenvalue weighted by Gasteiger charge is -2.19. The molecule has 0 bridgehead atoms. The van der Waals surface area contributed by atoms with Gasteiger partial charge >= 0.3 is 0 Å². The average Bonchev–Trinajstić information content (AvgIpc) is 2.34. The lowest BCUT2D eigenvalue weighted by Crippen LogP contribution is -2.34. The van der Waals surface area contributed by atoms with Crippen molar-refractivity contribution in [2.75, 3.05) is 27.2 Å². The minimum atomic E-state index is 0.213. The Morgan fingerprint density at radius 2 is 2.50 bits per heavy atom. The summed E-state index contributed by atoms with van der Waals surface area (Å²) in [4.78, 5) is 2.17. The molecule has 3 nitrogen and oxygen atoms in total. The molecule has 0 aromatic carbocycles. The van der Waals surface area contributed by atoms with Crippen molar-refractivity contribution in [2.45, 2.75) is 6.17 Å². The minimum Gasteiger partial charge on any atom is -0.499 e. The van der Waals surface area contributed by atoms with E-state index in [4.69, 9.17) is 4.74 Å². The van der Waals surface area contributed by atoms with E-state index in [9.17, 15) is 0 Å². The van der Waals surface area contributed by atoms with Crippen LogP contribution in [0.2, 0.25) is 0 Å². The first-order chi connectivity index (χ1) is 4.75. The monoisotopic (exact) mass is 142 g/mol. The van der Waals surface area contributed by atoms with Gasteiger partial charge in [-0.25, -0.2) is 0 Å². The molecule has 1 N–H and O–H groups in total. The Kier molecular flexibility index (Phi) is 2.29. The molecule has 1 aliphatic heterocycles. The first-order valence-corrected chi connectivity index (χ1v) is 3.42. The molecule has 0 aromatic heterocycles. The van der Waals surface area contributed by atoms with Crippen molar-refractivity contribution in [3.63, 3.8) is 0 Å². The Morgan fingerprint density at radius 1 is 1.80 bits per heavy atom. The number of likely N-dealkylation sites (N-methyl/N-ethyl adjacent to an activating group) is 1. The van der Waals surface area contributed by atoms with Crippen molar-refractivity contribution in [3.8, 4) is 0 Å². The van der Waals surface area contributed by atoms with Crippen molar-refractivity contribution in [1.29, 1.82) is 0 Å². The van der Waals surface area contributed by atoms with E-state index in [1.807, 2.05) is 0 Å². The lowest BCUT2D eigenvalue weighted by molar-refractivity contribution is 0.197. The molecule has 1 rings (SSSR count). The van der Waals surface area contributed by atoms with Crippen LogP contribution in [0.3, 0.4) is 0 Å². The predicted octanol–water partition coefficient (Wildman–Crippen LogP) is 0.00760. The molecule has 1 aliphatic rings. The van der Waals surface area contributed by atoms with Crippen molar-refractivity contribution >= 4 is 0 Å². The Bertz CT molecular complexity index is 136. The molecular weight excluding hydrogens is 128 g/mol. The number of hydrogen-bond acceptors (Lipinski definition) is 3. The molecule has 1 saturated heterocycles. The highest BCUT2D eigenvalue weighted by atomic mass is 16.5. The molecule has 1 fully saturated rings. The summed E-state index contributed by atoms with van der Waals surface area (Å²) in [6.07, 6.45) is 0.213. The third-order valence-corrected chi connectivity index (χ3v) is 1.81. The Labute approximate surface area is 61.7 Å². The van der Waals surface area contributed by atoms with E-state index in [-0.39, 0.29) is 6.17 Å². The van der Waals surface area contributed by atoms with Crippen LogP contribution < -0.4 is 5.32 Å². The van der Waals surface area contributed by atoms with Crippen LogP contribution >= 0.6 is 0 Å². The number of methoxy groups -OCH3 is 1. The van der Waals surface area contributed by atoms with Gasteiger partial charge in [-0.1, -0.05) is 6.58 Å². The van der Waals surface area contributed by atoms with Gasteiger partial charge in [0.1, 0.15) is 11.9 Å². The molecule has 0 spiro atoms. The summed E-state index contributed by atoms with van der Waals surface area (Å²) < 4.78 is 5.01. The Morgan fingerprint density at radius 3 is 2.90 bits per heavy atom. The second-order valence-corrected chi connectivity index (χ2v) is 2.51. The van der Waals surface area contributed by atoms with Crippen LogP contribution in [-0.4, -0.2) is 38.3 Å². The molecule has 3 heteroatoms. The number of ether oxygens (including phenoxy) is 1. The predicted molar refractivity (Wildman–Crippen MR) is 40.6 cm³/mol. The van der Waals surface area contributed by atoms with Gasteiger partial charge in [0.2, 0.25) is 0 Å². The van der Waals surface area contributed by atoms with Gasteiger partial charge in [-0.15, -0.1) is 0 Å². The van der Waals surface area contributed by atoms with Gasteiger partial charge in [-0.05, 0) is 7.05 Å². The van der Waals surface area contributed by atoms with Crippen LogP contribution in [0.25, 0.3) is 0 Å². The summed E-state index contributed by atoms with van der Waals surface area (Å²) in [5.41, 5.74) is 0. The first kappa shape index (κ1) is 7.57. The Balaban J connectivity index is 2.46. The van der Waals surface area contributed by atoms with Crippen LogP contribution in [0.5, 0.6) is 0 Å². The highest BCUT2D eigenvalue weighted by molar-refractivity contribution is 4.98. The average molecular weight is 142 g/mol. The SMILES string of the molecule is C=C(OC)C1NCCN1C. The zero-order chi connectivity index (χ0) is 7.56. The van der Waals surface area contributed by atoms with E-state index in [1.165, 1.54) is 0 Å². The van der Waals surface area contributed by atoms with Crippen LogP contribution in [0, 0.1) is 0 Å². The fourth-order valence-corrected chi connectivity index (χ4v) is 1.13. The molecule has 0 aliphatic carbocycles. The quantitative estimate of drug-likeness (QED) is 0.550. The van der Waals surface area contributed by atoms with E-state index in [0.29, 0.717) is 0 Å². The molecule has 1 heterocycles. The van der Waals surface area contributed by atoms with Crippen LogP contribution in [0.15, 0.2) is 12.3 Å². The van der Waals surface area contributed by atoms with Gasteiger partial charge in [0, 0.05) is 13.1 Å². The summed E-state index contributed by atoms with van der Waals surface area (Å²) in [6.45, 7) is 5.86. The van der Waals surface area contributed by atoms with Crippen LogP contribution in [0.1, 0.15) is 0 Å². The van der Waals surface area contributed by atoms with Gasteiger partial charge in [0.25, 0.3) is 0 Å². The molecule has 0 aromatic rings. The summed E-state index contributed by atoms with van der Waals surface area (Å²) >= 11 is 0. The molecule has 0 radical (unpaired) electrons. The van der Waals surface area contributed by atoms with E-state index < -0.39 is 0 Å². The molecule has 58 valence electrons. The molecule has 0 amide bonds. The smallest absolute Gasteiger partial charge is 0.120 e. The van der Waals surface area contributed by atoms with Gasteiger partial charge in [-0.2, -0.15) is 0 Å². The van der Waals surface area contributed by atoms with Gasteiger partial charge in [0.15, 0.2) is 0 Å². The van der Waals surface area contributed by atoms with E-state index in [2.05, 4.69) is 23.8 Å².